The minimum Gasteiger partial charge on any atom is -0.464 e. The standard InChI is InChI=1S/C23H30N2O5/c1-7-25(19(26)14-30-13-18-11-9-8-10-12-18)17(4)22(27)20-15(2)21(23(28)29-6)24(5)16(20)3/h8-12,17H,7,13-14H2,1-6H3/t17-/m1/s1. The van der Waals surface area contributed by atoms with Crippen molar-refractivity contribution in [2.45, 2.75) is 40.3 Å². The average molecular weight is 415 g/mol. The number of hydrogen-bond acceptors (Lipinski definition) is 5. The van der Waals surface area contributed by atoms with Gasteiger partial charge >= 0.3 is 5.97 Å². The molecular weight excluding hydrogens is 384 g/mol. The van der Waals surface area contributed by atoms with Crippen LogP contribution in [0.4, 0.5) is 0 Å². The number of rotatable bonds is 9. The minimum absolute atomic E-state index is 0.111. The zero-order valence-electron chi connectivity index (χ0n) is 18.5. The number of methoxy groups -OCH3 is 1. The van der Waals surface area contributed by atoms with Crippen LogP contribution in [0, 0.1) is 13.8 Å². The number of Topliss-reactive ketones (excluding diaryl/α,β-unsaturated/α-hetero) is 1. The van der Waals surface area contributed by atoms with Gasteiger partial charge in [0, 0.05) is 24.8 Å². The van der Waals surface area contributed by atoms with Gasteiger partial charge in [0.1, 0.15) is 12.3 Å². The first kappa shape index (κ1) is 23.3. The van der Waals surface area contributed by atoms with Crippen LogP contribution in [0.2, 0.25) is 0 Å². The first-order valence-corrected chi connectivity index (χ1v) is 9.94. The van der Waals surface area contributed by atoms with Crippen LogP contribution in [-0.4, -0.2) is 53.4 Å². The van der Waals surface area contributed by atoms with Gasteiger partial charge in [-0.2, -0.15) is 0 Å². The van der Waals surface area contributed by atoms with E-state index in [0.717, 1.165) is 5.56 Å². The van der Waals surface area contributed by atoms with Crippen molar-refractivity contribution in [2.24, 2.45) is 7.05 Å². The summed E-state index contributed by atoms with van der Waals surface area (Å²) in [4.78, 5) is 39.6. The maximum Gasteiger partial charge on any atom is 0.354 e. The van der Waals surface area contributed by atoms with Gasteiger partial charge in [-0.15, -0.1) is 0 Å². The Kier molecular flexibility index (Phi) is 7.94. The van der Waals surface area contributed by atoms with Crippen LogP contribution < -0.4 is 0 Å². The van der Waals surface area contributed by atoms with Gasteiger partial charge in [0.05, 0.1) is 19.8 Å². The molecule has 0 radical (unpaired) electrons. The quantitative estimate of drug-likeness (QED) is 0.466. The zero-order chi connectivity index (χ0) is 22.4. The molecule has 7 heteroatoms. The van der Waals surface area contributed by atoms with Crippen molar-refractivity contribution in [3.63, 3.8) is 0 Å². The molecule has 1 amide bonds. The number of amides is 1. The van der Waals surface area contributed by atoms with E-state index in [0.29, 0.717) is 35.7 Å². The fraction of sp³-hybridized carbons (Fsp3) is 0.435. The van der Waals surface area contributed by atoms with Gasteiger partial charge in [-0.3, -0.25) is 9.59 Å². The van der Waals surface area contributed by atoms with Gasteiger partial charge in [0.2, 0.25) is 5.91 Å². The lowest BCUT2D eigenvalue weighted by Crippen LogP contribution is -2.45. The number of ether oxygens (including phenoxy) is 2. The Morgan fingerprint density at radius 3 is 2.33 bits per heavy atom. The molecule has 0 spiro atoms. The molecule has 0 saturated carbocycles. The predicted octanol–water partition coefficient (Wildman–Crippen LogP) is 3.07. The Balaban J connectivity index is 2.15. The van der Waals surface area contributed by atoms with Gasteiger partial charge in [-0.25, -0.2) is 4.79 Å². The molecule has 0 saturated heterocycles. The fourth-order valence-electron chi connectivity index (χ4n) is 3.66. The maximum atomic E-state index is 13.3. The second-order valence-corrected chi connectivity index (χ2v) is 7.18. The Hall–Kier alpha value is -2.93. The van der Waals surface area contributed by atoms with Crippen LogP contribution in [0.5, 0.6) is 0 Å². The summed E-state index contributed by atoms with van der Waals surface area (Å²) in [5.74, 6) is -0.967. The van der Waals surface area contributed by atoms with Crippen molar-refractivity contribution in [3.8, 4) is 0 Å². The molecule has 0 bridgehead atoms. The van der Waals surface area contributed by atoms with Crippen molar-refractivity contribution < 1.29 is 23.9 Å². The molecule has 1 aromatic carbocycles. The monoisotopic (exact) mass is 414 g/mol. The number of likely N-dealkylation sites (N-methyl/N-ethyl adjacent to an activating group) is 1. The summed E-state index contributed by atoms with van der Waals surface area (Å²) < 4.78 is 12.0. The van der Waals surface area contributed by atoms with E-state index < -0.39 is 12.0 Å². The number of carbonyl (C=O) groups is 3. The summed E-state index contributed by atoms with van der Waals surface area (Å²) in [5.41, 5.74) is 2.98. The molecule has 2 aromatic rings. The third-order valence-corrected chi connectivity index (χ3v) is 5.40. The van der Waals surface area contributed by atoms with E-state index in [9.17, 15) is 14.4 Å². The number of carbonyl (C=O) groups excluding carboxylic acids is 3. The van der Waals surface area contributed by atoms with Crippen molar-refractivity contribution in [2.75, 3.05) is 20.3 Å². The molecule has 30 heavy (non-hydrogen) atoms. The maximum absolute atomic E-state index is 13.3. The number of aromatic nitrogens is 1. The van der Waals surface area contributed by atoms with Crippen LogP contribution in [0.15, 0.2) is 30.3 Å². The highest BCUT2D eigenvalue weighted by molar-refractivity contribution is 6.06. The van der Waals surface area contributed by atoms with Crippen LogP contribution >= 0.6 is 0 Å². The number of nitrogens with zero attached hydrogens (tertiary/aromatic N) is 2. The van der Waals surface area contributed by atoms with Gasteiger partial charge < -0.3 is 18.9 Å². The van der Waals surface area contributed by atoms with Crippen LogP contribution in [-0.2, 0) is 27.9 Å². The first-order valence-electron chi connectivity index (χ1n) is 9.94. The molecule has 0 N–H and O–H groups in total. The lowest BCUT2D eigenvalue weighted by atomic mass is 10.00. The third-order valence-electron chi connectivity index (χ3n) is 5.40. The molecule has 162 valence electrons. The summed E-state index contributed by atoms with van der Waals surface area (Å²) >= 11 is 0. The van der Waals surface area contributed by atoms with E-state index in [1.165, 1.54) is 12.0 Å². The number of esters is 1. The first-order chi connectivity index (χ1) is 14.2. The van der Waals surface area contributed by atoms with E-state index in [2.05, 4.69) is 0 Å². The number of hydrogen-bond donors (Lipinski definition) is 0. The molecule has 2 rings (SSSR count). The van der Waals surface area contributed by atoms with Crippen molar-refractivity contribution >= 4 is 17.7 Å². The van der Waals surface area contributed by atoms with E-state index in [1.807, 2.05) is 37.3 Å². The second-order valence-electron chi connectivity index (χ2n) is 7.18. The molecule has 0 unspecified atom stereocenters. The van der Waals surface area contributed by atoms with Gasteiger partial charge in [0.25, 0.3) is 0 Å². The Labute approximate surface area is 177 Å². The van der Waals surface area contributed by atoms with E-state index in [4.69, 9.17) is 9.47 Å². The lowest BCUT2D eigenvalue weighted by Gasteiger charge is -2.27. The molecule has 0 fully saturated rings. The van der Waals surface area contributed by atoms with E-state index in [-0.39, 0.29) is 18.3 Å². The molecular formula is C23H30N2O5. The van der Waals surface area contributed by atoms with Crippen LogP contribution in [0.25, 0.3) is 0 Å². The van der Waals surface area contributed by atoms with Gasteiger partial charge in [0.15, 0.2) is 5.78 Å². The highest BCUT2D eigenvalue weighted by Gasteiger charge is 2.31. The number of benzene rings is 1. The van der Waals surface area contributed by atoms with Crippen molar-refractivity contribution in [3.05, 3.63) is 58.4 Å². The second kappa shape index (κ2) is 10.2. The van der Waals surface area contributed by atoms with Gasteiger partial charge in [-0.1, -0.05) is 30.3 Å². The summed E-state index contributed by atoms with van der Waals surface area (Å²) in [6, 6.07) is 8.90. The molecule has 7 nitrogen and oxygen atoms in total. The molecule has 0 aliphatic heterocycles. The Bertz CT molecular complexity index is 917. The molecule has 1 heterocycles. The molecule has 1 aromatic heterocycles. The normalized spacial score (nSPS) is 11.8. The fourth-order valence-corrected chi connectivity index (χ4v) is 3.66. The summed E-state index contributed by atoms with van der Waals surface area (Å²) in [5, 5.41) is 0. The highest BCUT2D eigenvalue weighted by atomic mass is 16.5. The van der Waals surface area contributed by atoms with Crippen molar-refractivity contribution in [1.29, 1.82) is 0 Å². The summed E-state index contributed by atoms with van der Waals surface area (Å²) in [6.07, 6.45) is 0. The SMILES string of the molecule is CCN(C(=O)COCc1ccccc1)[C@H](C)C(=O)c1c(C)c(C(=O)OC)n(C)c1C. The van der Waals surface area contributed by atoms with Crippen molar-refractivity contribution in [1.82, 2.24) is 9.47 Å². The number of ketones is 1. The topological polar surface area (TPSA) is 77.8 Å². The Morgan fingerprint density at radius 1 is 1.13 bits per heavy atom. The molecule has 0 aliphatic carbocycles. The zero-order valence-corrected chi connectivity index (χ0v) is 18.5. The smallest absolute Gasteiger partial charge is 0.354 e. The predicted molar refractivity (Wildman–Crippen MR) is 114 cm³/mol. The summed E-state index contributed by atoms with van der Waals surface area (Å²) in [6.45, 7) is 7.61. The largest absolute Gasteiger partial charge is 0.464 e. The lowest BCUT2D eigenvalue weighted by molar-refractivity contribution is -0.137. The summed E-state index contributed by atoms with van der Waals surface area (Å²) in [7, 11) is 3.03. The molecule has 0 aliphatic rings. The average Bonchev–Trinajstić information content (AvgIpc) is 2.96. The third kappa shape index (κ3) is 4.79. The Morgan fingerprint density at radius 2 is 1.77 bits per heavy atom. The highest BCUT2D eigenvalue weighted by Crippen LogP contribution is 2.24. The van der Waals surface area contributed by atoms with Gasteiger partial charge in [-0.05, 0) is 38.8 Å². The molecule has 1 atom stereocenters. The minimum atomic E-state index is -0.687. The van der Waals surface area contributed by atoms with Crippen LogP contribution in [0.3, 0.4) is 0 Å². The van der Waals surface area contributed by atoms with Crippen LogP contribution in [0.1, 0.15) is 51.5 Å². The van der Waals surface area contributed by atoms with E-state index >= 15 is 0 Å². The van der Waals surface area contributed by atoms with E-state index in [1.54, 1.807) is 32.4 Å².